The van der Waals surface area contributed by atoms with Crippen molar-refractivity contribution < 1.29 is 9.53 Å². The van der Waals surface area contributed by atoms with Crippen molar-refractivity contribution >= 4 is 50.7 Å². The van der Waals surface area contributed by atoms with Crippen LogP contribution in [0, 0.1) is 0 Å². The summed E-state index contributed by atoms with van der Waals surface area (Å²) in [4.78, 5) is 18.7. The second-order valence-electron chi connectivity index (χ2n) is 5.61. The second-order valence-corrected chi connectivity index (χ2v) is 7.54. The fraction of sp³-hybridized carbons (Fsp3) is 0.222. The zero-order chi connectivity index (χ0) is 18.0. The van der Waals surface area contributed by atoms with E-state index >= 15 is 0 Å². The maximum Gasteiger partial charge on any atom is 0.263 e. The molecule has 0 saturated carbocycles. The summed E-state index contributed by atoms with van der Waals surface area (Å²) in [6, 6.07) is 12.8. The molecule has 1 atom stereocenters. The SMILES string of the molecule is CC(Oc1ccc(Cl)c(Cl)c1)C(=O)N(C)Cc1nc2ccccc2s1. The largest absolute Gasteiger partial charge is 0.481 e. The van der Waals surface area contributed by atoms with Crippen molar-refractivity contribution in [1.29, 1.82) is 0 Å². The molecule has 0 bridgehead atoms. The molecule has 1 unspecified atom stereocenters. The van der Waals surface area contributed by atoms with Crippen LogP contribution < -0.4 is 4.74 Å². The Morgan fingerprint density at radius 1 is 1.24 bits per heavy atom. The minimum atomic E-state index is -0.642. The van der Waals surface area contributed by atoms with Gasteiger partial charge in [-0.25, -0.2) is 4.98 Å². The first kappa shape index (κ1) is 18.0. The van der Waals surface area contributed by atoms with Crippen LogP contribution in [0.4, 0.5) is 0 Å². The van der Waals surface area contributed by atoms with Gasteiger partial charge in [-0.2, -0.15) is 0 Å². The third-order valence-electron chi connectivity index (χ3n) is 3.64. The molecular weight excluding hydrogens is 379 g/mol. The summed E-state index contributed by atoms with van der Waals surface area (Å²) < 4.78 is 6.79. The molecule has 0 fully saturated rings. The third-order valence-corrected chi connectivity index (χ3v) is 5.40. The van der Waals surface area contributed by atoms with Gasteiger partial charge in [0.25, 0.3) is 5.91 Å². The summed E-state index contributed by atoms with van der Waals surface area (Å²) in [5, 5.41) is 1.72. The Labute approximate surface area is 159 Å². The first-order valence-electron chi connectivity index (χ1n) is 7.65. The lowest BCUT2D eigenvalue weighted by Gasteiger charge is -2.21. The Bertz CT molecular complexity index is 880. The van der Waals surface area contributed by atoms with Crippen LogP contribution in [-0.4, -0.2) is 28.9 Å². The van der Waals surface area contributed by atoms with Crippen LogP contribution in [0.1, 0.15) is 11.9 Å². The van der Waals surface area contributed by atoms with E-state index in [2.05, 4.69) is 4.98 Å². The Morgan fingerprint density at radius 2 is 2.00 bits per heavy atom. The van der Waals surface area contributed by atoms with Crippen molar-refractivity contribution in [2.45, 2.75) is 19.6 Å². The van der Waals surface area contributed by atoms with E-state index < -0.39 is 6.10 Å². The summed E-state index contributed by atoms with van der Waals surface area (Å²) >= 11 is 13.4. The highest BCUT2D eigenvalue weighted by molar-refractivity contribution is 7.18. The number of aromatic nitrogens is 1. The van der Waals surface area contributed by atoms with Crippen LogP contribution in [0.3, 0.4) is 0 Å². The molecule has 3 aromatic rings. The number of likely N-dealkylation sites (N-methyl/N-ethyl adjacent to an activating group) is 1. The standard InChI is InChI=1S/C18H16Cl2N2O2S/c1-11(24-12-7-8-13(19)14(20)9-12)18(23)22(2)10-17-21-15-5-3-4-6-16(15)25-17/h3-9,11H,10H2,1-2H3. The van der Waals surface area contributed by atoms with Crippen molar-refractivity contribution in [3.8, 4) is 5.75 Å². The molecule has 0 saturated heterocycles. The average molecular weight is 395 g/mol. The minimum absolute atomic E-state index is 0.134. The molecule has 0 radical (unpaired) electrons. The second kappa shape index (κ2) is 7.60. The normalized spacial score (nSPS) is 12.2. The van der Waals surface area contributed by atoms with Crippen LogP contribution in [0.5, 0.6) is 5.75 Å². The molecule has 0 N–H and O–H groups in total. The molecule has 25 heavy (non-hydrogen) atoms. The number of hydrogen-bond donors (Lipinski definition) is 0. The lowest BCUT2D eigenvalue weighted by molar-refractivity contribution is -0.137. The van der Waals surface area contributed by atoms with E-state index in [1.165, 1.54) is 0 Å². The number of nitrogens with zero attached hydrogens (tertiary/aromatic N) is 2. The van der Waals surface area contributed by atoms with E-state index in [1.54, 1.807) is 48.4 Å². The Morgan fingerprint density at radius 3 is 2.72 bits per heavy atom. The number of fused-ring (bicyclic) bond motifs is 1. The van der Waals surface area contributed by atoms with E-state index in [0.29, 0.717) is 22.3 Å². The quantitative estimate of drug-likeness (QED) is 0.609. The first-order valence-corrected chi connectivity index (χ1v) is 9.22. The molecule has 1 aromatic heterocycles. The molecule has 4 nitrogen and oxygen atoms in total. The highest BCUT2D eigenvalue weighted by Crippen LogP contribution is 2.27. The number of hydrogen-bond acceptors (Lipinski definition) is 4. The lowest BCUT2D eigenvalue weighted by Crippen LogP contribution is -2.37. The van der Waals surface area contributed by atoms with Gasteiger partial charge in [0.05, 0.1) is 26.8 Å². The van der Waals surface area contributed by atoms with Gasteiger partial charge in [0, 0.05) is 13.1 Å². The van der Waals surface area contributed by atoms with Crippen LogP contribution >= 0.6 is 34.5 Å². The molecular formula is C18H16Cl2N2O2S. The highest BCUT2D eigenvalue weighted by Gasteiger charge is 2.20. The van der Waals surface area contributed by atoms with Gasteiger partial charge in [-0.05, 0) is 31.2 Å². The fourth-order valence-electron chi connectivity index (χ4n) is 2.38. The fourth-order valence-corrected chi connectivity index (χ4v) is 3.69. The van der Waals surface area contributed by atoms with Crippen molar-refractivity contribution in [3.63, 3.8) is 0 Å². The maximum absolute atomic E-state index is 12.5. The maximum atomic E-state index is 12.5. The summed E-state index contributed by atoms with van der Waals surface area (Å²) in [6.07, 6.45) is -0.642. The molecule has 130 valence electrons. The number of ether oxygens (including phenoxy) is 1. The van der Waals surface area contributed by atoms with E-state index in [1.807, 2.05) is 24.3 Å². The molecule has 0 aliphatic rings. The highest BCUT2D eigenvalue weighted by atomic mass is 35.5. The molecule has 3 rings (SSSR count). The summed E-state index contributed by atoms with van der Waals surface area (Å²) in [6.45, 7) is 2.15. The number of para-hydroxylation sites is 1. The van der Waals surface area contributed by atoms with Crippen LogP contribution in [0.25, 0.3) is 10.2 Å². The number of thiazole rings is 1. The van der Waals surface area contributed by atoms with Crippen molar-refractivity contribution in [2.24, 2.45) is 0 Å². The number of carbonyl (C=O) groups excluding carboxylic acids is 1. The topological polar surface area (TPSA) is 42.4 Å². The van der Waals surface area contributed by atoms with Crippen molar-refractivity contribution in [3.05, 3.63) is 57.5 Å². The van der Waals surface area contributed by atoms with E-state index in [-0.39, 0.29) is 5.91 Å². The number of halogens is 2. The third kappa shape index (κ3) is 4.24. The Hall–Kier alpha value is -1.82. The van der Waals surface area contributed by atoms with Crippen LogP contribution in [0.15, 0.2) is 42.5 Å². The number of benzene rings is 2. The van der Waals surface area contributed by atoms with E-state index in [0.717, 1.165) is 15.2 Å². The van der Waals surface area contributed by atoms with Gasteiger partial charge in [0.1, 0.15) is 10.8 Å². The molecule has 7 heteroatoms. The lowest BCUT2D eigenvalue weighted by atomic mass is 10.3. The van der Waals surface area contributed by atoms with Gasteiger partial charge in [-0.1, -0.05) is 35.3 Å². The van der Waals surface area contributed by atoms with Gasteiger partial charge >= 0.3 is 0 Å². The van der Waals surface area contributed by atoms with Gasteiger partial charge in [0.2, 0.25) is 0 Å². The van der Waals surface area contributed by atoms with E-state index in [9.17, 15) is 4.79 Å². The Balaban J connectivity index is 1.65. The minimum Gasteiger partial charge on any atom is -0.481 e. The monoisotopic (exact) mass is 394 g/mol. The number of carbonyl (C=O) groups is 1. The van der Waals surface area contributed by atoms with Crippen molar-refractivity contribution in [2.75, 3.05) is 7.05 Å². The summed E-state index contributed by atoms with van der Waals surface area (Å²) in [5.41, 5.74) is 0.948. The molecule has 0 aliphatic heterocycles. The van der Waals surface area contributed by atoms with Crippen molar-refractivity contribution in [1.82, 2.24) is 9.88 Å². The number of rotatable bonds is 5. The predicted molar refractivity (Wildman–Crippen MR) is 103 cm³/mol. The average Bonchev–Trinajstić information content (AvgIpc) is 2.99. The summed E-state index contributed by atoms with van der Waals surface area (Å²) in [5.74, 6) is 0.369. The van der Waals surface area contributed by atoms with Gasteiger partial charge in [-0.3, -0.25) is 4.79 Å². The van der Waals surface area contributed by atoms with Gasteiger partial charge in [-0.15, -0.1) is 11.3 Å². The molecule has 1 amide bonds. The van der Waals surface area contributed by atoms with Gasteiger partial charge in [0.15, 0.2) is 6.10 Å². The van der Waals surface area contributed by atoms with Crippen LogP contribution in [-0.2, 0) is 11.3 Å². The molecule has 2 aromatic carbocycles. The summed E-state index contributed by atoms with van der Waals surface area (Å²) in [7, 11) is 1.74. The molecule has 0 spiro atoms. The van der Waals surface area contributed by atoms with E-state index in [4.69, 9.17) is 27.9 Å². The zero-order valence-electron chi connectivity index (χ0n) is 13.7. The zero-order valence-corrected chi connectivity index (χ0v) is 16.0. The number of amides is 1. The molecule has 1 heterocycles. The smallest absolute Gasteiger partial charge is 0.263 e. The molecule has 0 aliphatic carbocycles. The van der Waals surface area contributed by atoms with Crippen LogP contribution in [0.2, 0.25) is 10.0 Å². The first-order chi connectivity index (χ1) is 11.9. The van der Waals surface area contributed by atoms with Gasteiger partial charge < -0.3 is 9.64 Å². The predicted octanol–water partition coefficient (Wildman–Crippen LogP) is 5.03. The Kier molecular flexibility index (Phi) is 5.47.